The van der Waals surface area contributed by atoms with Crippen LogP contribution in [-0.2, 0) is 28.4 Å². The van der Waals surface area contributed by atoms with Gasteiger partial charge in [-0.25, -0.2) is 4.39 Å². The Kier molecular flexibility index (Phi) is 8.27. The molecule has 212 valence electrons. The van der Waals surface area contributed by atoms with Gasteiger partial charge in [0, 0.05) is 11.0 Å². The van der Waals surface area contributed by atoms with Gasteiger partial charge in [0.2, 0.25) is 0 Å². The molecule has 0 unspecified atom stereocenters. The molecule has 0 aromatic rings. The smallest absolute Gasteiger partial charge is 0.163 e. The summed E-state index contributed by atoms with van der Waals surface area (Å²) in [5.41, 5.74) is 1.78. The zero-order valence-electron chi connectivity index (χ0n) is 23.5. The van der Waals surface area contributed by atoms with Crippen LogP contribution in [0.5, 0.6) is 0 Å². The van der Waals surface area contributed by atoms with Crippen LogP contribution in [0.2, 0.25) is 0 Å². The summed E-state index contributed by atoms with van der Waals surface area (Å²) in [4.78, 5) is 0. The van der Waals surface area contributed by atoms with Gasteiger partial charge in [-0.3, -0.25) is 0 Å². The Morgan fingerprint density at radius 3 is 1.49 bits per heavy atom. The molecule has 6 nitrogen and oxygen atoms in total. The van der Waals surface area contributed by atoms with E-state index in [-0.39, 0.29) is 65.0 Å². The maximum Gasteiger partial charge on any atom is 0.163 e. The maximum absolute atomic E-state index is 13.2. The van der Waals surface area contributed by atoms with Crippen molar-refractivity contribution in [1.29, 1.82) is 0 Å². The van der Waals surface area contributed by atoms with Crippen LogP contribution in [-0.4, -0.2) is 65.7 Å². The number of alkyl halides is 2. The molecule has 4 bridgehead atoms. The lowest BCUT2D eigenvalue weighted by Crippen LogP contribution is -2.47. The van der Waals surface area contributed by atoms with Crippen molar-refractivity contribution >= 4 is 23.2 Å². The highest BCUT2D eigenvalue weighted by molar-refractivity contribution is 6.40. The minimum atomic E-state index is -0.594. The zero-order chi connectivity index (χ0) is 27.6. The minimum Gasteiger partial charge on any atom is -0.367 e. The van der Waals surface area contributed by atoms with Crippen molar-refractivity contribution in [3.8, 4) is 0 Å². The maximum atomic E-state index is 13.2. The van der Waals surface area contributed by atoms with Crippen LogP contribution in [0.1, 0.15) is 75.2 Å². The molecule has 0 radical (unpaired) electrons. The summed E-state index contributed by atoms with van der Waals surface area (Å²) < 4.78 is 49.2. The minimum absolute atomic E-state index is 0.0155. The highest BCUT2D eigenvalue weighted by Crippen LogP contribution is 2.63. The summed E-state index contributed by atoms with van der Waals surface area (Å²) in [6.45, 7) is 18.3. The first-order chi connectivity index (χ1) is 17.3. The van der Waals surface area contributed by atoms with Gasteiger partial charge in [0.15, 0.2) is 11.6 Å². The van der Waals surface area contributed by atoms with Gasteiger partial charge < -0.3 is 28.4 Å². The molecular weight excluding hydrogens is 522 g/mol. The lowest BCUT2D eigenvalue weighted by atomic mass is 9.74. The fourth-order valence-electron chi connectivity index (χ4n) is 7.93. The third-order valence-electron chi connectivity index (χ3n) is 9.31. The summed E-state index contributed by atoms with van der Waals surface area (Å²) in [5, 5.41) is 0.194. The molecule has 10 atom stereocenters. The van der Waals surface area contributed by atoms with Crippen molar-refractivity contribution in [2.24, 2.45) is 10.8 Å². The van der Waals surface area contributed by atoms with E-state index in [0.29, 0.717) is 6.33 Å². The Morgan fingerprint density at radius 2 is 1.14 bits per heavy atom. The molecule has 6 rings (SSSR count). The van der Waals surface area contributed by atoms with Gasteiger partial charge in [0.05, 0.1) is 29.3 Å². The molecule has 2 saturated carbocycles. The van der Waals surface area contributed by atoms with Crippen LogP contribution in [0.15, 0.2) is 23.6 Å². The fraction of sp³-hybridized carbons (Fsp3) is 0.857. The van der Waals surface area contributed by atoms with E-state index >= 15 is 0 Å². The summed E-state index contributed by atoms with van der Waals surface area (Å²) in [6.07, 6.45) is 4.78. The van der Waals surface area contributed by atoms with Crippen LogP contribution < -0.4 is 0 Å². The van der Waals surface area contributed by atoms with E-state index in [9.17, 15) is 4.39 Å². The molecular formula is C28H43Cl2FO6. The first kappa shape index (κ1) is 29.7. The van der Waals surface area contributed by atoms with Crippen LogP contribution >= 0.6 is 23.2 Å². The highest BCUT2D eigenvalue weighted by atomic mass is 35.5. The molecule has 0 amide bonds. The molecule has 0 spiro atoms. The molecule has 9 heteroatoms. The van der Waals surface area contributed by atoms with Crippen LogP contribution in [0.3, 0.4) is 0 Å². The Balaban J connectivity index is 0.000000157. The SMILES string of the molecule is C/C=C1/[C@@H]2O[C@H](C)[C@@]1(CC)[C@H]1OC(C)(C)O[C@@H]21.CC[C@]12/C(=C\F)[C@H](O[C@@H]1C)[C@@H]1OC(C)(C)O[C@@H]12.ClCCl. The van der Waals surface area contributed by atoms with E-state index in [2.05, 4.69) is 33.8 Å². The molecule has 0 aromatic carbocycles. The van der Waals surface area contributed by atoms with Crippen LogP contribution in [0, 0.1) is 10.8 Å². The van der Waals surface area contributed by atoms with Crippen molar-refractivity contribution < 1.29 is 32.8 Å². The average Bonchev–Trinajstić information content (AvgIpc) is 3.58. The van der Waals surface area contributed by atoms with Crippen molar-refractivity contribution in [2.75, 3.05) is 5.34 Å². The van der Waals surface area contributed by atoms with E-state index in [0.717, 1.165) is 18.4 Å². The van der Waals surface area contributed by atoms with E-state index in [4.69, 9.17) is 51.6 Å². The van der Waals surface area contributed by atoms with Gasteiger partial charge in [-0.2, -0.15) is 0 Å². The van der Waals surface area contributed by atoms with E-state index < -0.39 is 11.6 Å². The predicted octanol–water partition coefficient (Wildman–Crippen LogP) is 6.63. The third kappa shape index (κ3) is 4.26. The second-order valence-electron chi connectivity index (χ2n) is 11.6. The number of allylic oxidation sites excluding steroid dienone is 1. The Hall–Kier alpha value is -0.250. The first-order valence-electron chi connectivity index (χ1n) is 13.5. The molecule has 0 aromatic heterocycles. The number of ether oxygens (including phenoxy) is 6. The van der Waals surface area contributed by atoms with E-state index in [1.165, 1.54) is 5.57 Å². The molecule has 2 aliphatic carbocycles. The van der Waals surface area contributed by atoms with Gasteiger partial charge in [-0.15, -0.1) is 23.2 Å². The Bertz CT molecular complexity index is 852. The topological polar surface area (TPSA) is 55.4 Å². The van der Waals surface area contributed by atoms with Crippen molar-refractivity contribution in [2.45, 2.75) is 136 Å². The fourth-order valence-corrected chi connectivity index (χ4v) is 7.93. The molecule has 0 N–H and O–H groups in total. The van der Waals surface area contributed by atoms with Crippen LogP contribution in [0.4, 0.5) is 4.39 Å². The van der Waals surface area contributed by atoms with Crippen LogP contribution in [0.25, 0.3) is 0 Å². The zero-order valence-corrected chi connectivity index (χ0v) is 25.0. The quantitative estimate of drug-likeness (QED) is 0.277. The summed E-state index contributed by atoms with van der Waals surface area (Å²) >= 11 is 9.53. The van der Waals surface area contributed by atoms with Gasteiger partial charge in [-0.1, -0.05) is 19.9 Å². The highest BCUT2D eigenvalue weighted by Gasteiger charge is 2.71. The standard InChI is InChI=1S/C14H22O3.C13H19FO3.CH2Cl2/c1-6-9-10-11-12(17-13(4,5)16-11)14(9,7-2)8(3)15-10;1-5-13-7(2)15-9(8(13)6-14)10-11(13)17-12(3,4)16-10;2-1-3/h6,8,10-12H,7H2,1-5H3;6-7,9-11H,5H2,1-4H3;1H2/b9-6-;8-6-;/t8-,10+,11+,12+,14-;7-,9+,10+,11+,13-;/m11./s1. The molecule has 37 heavy (non-hydrogen) atoms. The average molecular weight is 566 g/mol. The van der Waals surface area contributed by atoms with E-state index in [1.54, 1.807) is 0 Å². The van der Waals surface area contributed by atoms with Crippen molar-refractivity contribution in [1.82, 2.24) is 0 Å². The van der Waals surface area contributed by atoms with Gasteiger partial charge in [0.25, 0.3) is 0 Å². The second-order valence-corrected chi connectivity index (χ2v) is 12.4. The van der Waals surface area contributed by atoms with Crippen molar-refractivity contribution in [3.05, 3.63) is 23.6 Å². The van der Waals surface area contributed by atoms with Gasteiger partial charge >= 0.3 is 0 Å². The number of fused-ring (bicyclic) bond motifs is 10. The third-order valence-corrected chi connectivity index (χ3v) is 9.31. The summed E-state index contributed by atoms with van der Waals surface area (Å²) in [5.74, 6) is -1.07. The molecule has 4 heterocycles. The first-order valence-corrected chi connectivity index (χ1v) is 14.5. The number of halogens is 3. The molecule has 4 saturated heterocycles. The molecule has 6 aliphatic rings. The summed E-state index contributed by atoms with van der Waals surface area (Å²) in [7, 11) is 0. The van der Waals surface area contributed by atoms with E-state index in [1.807, 2.05) is 34.6 Å². The van der Waals surface area contributed by atoms with Gasteiger partial charge in [-0.05, 0) is 66.9 Å². The second kappa shape index (κ2) is 10.3. The largest absolute Gasteiger partial charge is 0.367 e. The predicted molar refractivity (Wildman–Crippen MR) is 141 cm³/mol. The Morgan fingerprint density at radius 1 is 0.757 bits per heavy atom. The normalized spacial score (nSPS) is 49.5. The van der Waals surface area contributed by atoms with Gasteiger partial charge in [0.1, 0.15) is 36.6 Å². The summed E-state index contributed by atoms with van der Waals surface area (Å²) in [6, 6.07) is 0. The molecule has 6 fully saturated rings. The Labute approximate surface area is 231 Å². The number of hydrogen-bond acceptors (Lipinski definition) is 6. The van der Waals surface area contributed by atoms with Crippen molar-refractivity contribution in [3.63, 3.8) is 0 Å². The number of hydrogen-bond donors (Lipinski definition) is 0. The lowest BCUT2D eigenvalue weighted by Gasteiger charge is -2.37. The monoisotopic (exact) mass is 564 g/mol. The lowest BCUT2D eigenvalue weighted by molar-refractivity contribution is -0.158. The molecule has 4 aliphatic heterocycles. The number of rotatable bonds is 2.